The Hall–Kier alpha value is -2.03. The molecule has 2 saturated heterocycles. The second-order valence-electron chi connectivity index (χ2n) is 6.01. The number of carbonyl (C=O) groups is 2. The van der Waals surface area contributed by atoms with Gasteiger partial charge in [0.2, 0.25) is 0 Å². The van der Waals surface area contributed by atoms with Gasteiger partial charge in [-0.05, 0) is 18.9 Å². The molecule has 0 aromatic carbocycles. The first-order chi connectivity index (χ1) is 10.9. The van der Waals surface area contributed by atoms with Gasteiger partial charge >= 0.3 is 12.5 Å². The van der Waals surface area contributed by atoms with Gasteiger partial charge in [0.1, 0.15) is 0 Å². The van der Waals surface area contributed by atoms with Gasteiger partial charge in [-0.3, -0.25) is 9.59 Å². The Bertz CT molecular complexity index is 613. The Balaban J connectivity index is 1.80. The number of halogens is 2. The molecule has 23 heavy (non-hydrogen) atoms. The largest absolute Gasteiger partial charge is 0.481 e. The van der Waals surface area contributed by atoms with Crippen molar-refractivity contribution in [3.8, 4) is 0 Å². The standard InChI is InChI=1S/C14H17F2N3O4/c15-13(16)19-4-1-10(17-19)11(20)18-7-9(12(21)22)14(8-18)2-5-23-6-3-14/h1,4,9,13H,2-3,5-8H2,(H,21,22). The molecule has 2 aliphatic heterocycles. The quantitative estimate of drug-likeness (QED) is 0.902. The van der Waals surface area contributed by atoms with Gasteiger partial charge in [-0.1, -0.05) is 0 Å². The number of carbonyl (C=O) groups excluding carboxylic acids is 1. The summed E-state index contributed by atoms with van der Waals surface area (Å²) in [6.45, 7) is -1.54. The molecule has 0 radical (unpaired) electrons. The highest BCUT2D eigenvalue weighted by molar-refractivity contribution is 5.93. The minimum Gasteiger partial charge on any atom is -0.481 e. The van der Waals surface area contributed by atoms with E-state index in [2.05, 4.69) is 5.10 Å². The van der Waals surface area contributed by atoms with Crippen LogP contribution in [0.1, 0.15) is 29.9 Å². The van der Waals surface area contributed by atoms with Gasteiger partial charge in [-0.2, -0.15) is 13.9 Å². The Morgan fingerprint density at radius 1 is 1.39 bits per heavy atom. The molecule has 0 bridgehead atoms. The predicted molar refractivity (Wildman–Crippen MR) is 73.0 cm³/mol. The predicted octanol–water partition coefficient (Wildman–Crippen LogP) is 1.23. The van der Waals surface area contributed by atoms with Crippen molar-refractivity contribution in [1.29, 1.82) is 0 Å². The minimum atomic E-state index is -2.82. The molecular formula is C14H17F2N3O4. The van der Waals surface area contributed by atoms with E-state index in [9.17, 15) is 23.5 Å². The number of ether oxygens (including phenoxy) is 1. The molecular weight excluding hydrogens is 312 g/mol. The molecule has 0 saturated carbocycles. The third-order valence-corrected chi connectivity index (χ3v) is 4.75. The number of carboxylic acid groups (broad SMARTS) is 1. The average molecular weight is 329 g/mol. The van der Waals surface area contributed by atoms with Crippen LogP contribution in [0.15, 0.2) is 12.3 Å². The van der Waals surface area contributed by atoms with Crippen LogP contribution >= 0.6 is 0 Å². The van der Waals surface area contributed by atoms with Crippen LogP contribution < -0.4 is 0 Å². The molecule has 3 rings (SSSR count). The van der Waals surface area contributed by atoms with E-state index in [0.717, 1.165) is 6.20 Å². The Kier molecular flexibility index (Phi) is 4.05. The number of aliphatic carboxylic acids is 1. The zero-order valence-electron chi connectivity index (χ0n) is 12.3. The van der Waals surface area contributed by atoms with Crippen molar-refractivity contribution >= 4 is 11.9 Å². The molecule has 1 N–H and O–H groups in total. The van der Waals surface area contributed by atoms with Crippen LogP contribution in [0.4, 0.5) is 8.78 Å². The zero-order chi connectivity index (χ0) is 16.6. The Labute approximate surface area is 130 Å². The van der Waals surface area contributed by atoms with Crippen molar-refractivity contribution in [3.63, 3.8) is 0 Å². The molecule has 1 amide bonds. The summed E-state index contributed by atoms with van der Waals surface area (Å²) in [5, 5.41) is 13.0. The van der Waals surface area contributed by atoms with Crippen LogP contribution in [0, 0.1) is 11.3 Å². The molecule has 126 valence electrons. The second-order valence-corrected chi connectivity index (χ2v) is 6.01. The smallest absolute Gasteiger partial charge is 0.333 e. The van der Waals surface area contributed by atoms with E-state index in [4.69, 9.17) is 4.74 Å². The number of hydrogen-bond donors (Lipinski definition) is 1. The molecule has 1 aromatic heterocycles. The van der Waals surface area contributed by atoms with Gasteiger partial charge in [0.05, 0.1) is 5.92 Å². The summed E-state index contributed by atoms with van der Waals surface area (Å²) in [4.78, 5) is 25.4. The van der Waals surface area contributed by atoms with E-state index in [1.165, 1.54) is 11.0 Å². The molecule has 1 unspecified atom stereocenters. The first-order valence-corrected chi connectivity index (χ1v) is 7.36. The van der Waals surface area contributed by atoms with Gasteiger partial charge in [0.25, 0.3) is 5.91 Å². The average Bonchev–Trinajstić information content (AvgIpc) is 3.13. The maximum absolute atomic E-state index is 12.6. The SMILES string of the molecule is O=C(O)C1CN(C(=O)c2ccn(C(F)F)n2)CC12CCOCC2. The lowest BCUT2D eigenvalue weighted by Gasteiger charge is -2.36. The zero-order valence-corrected chi connectivity index (χ0v) is 12.3. The Morgan fingerprint density at radius 2 is 2.09 bits per heavy atom. The van der Waals surface area contributed by atoms with Crippen LogP contribution in [0.5, 0.6) is 0 Å². The fourth-order valence-corrected chi connectivity index (χ4v) is 3.47. The third kappa shape index (κ3) is 2.80. The van der Waals surface area contributed by atoms with Crippen LogP contribution in [-0.2, 0) is 9.53 Å². The van der Waals surface area contributed by atoms with E-state index in [-0.39, 0.29) is 18.8 Å². The maximum Gasteiger partial charge on any atom is 0.333 e. The van der Waals surface area contributed by atoms with Crippen molar-refractivity contribution < 1.29 is 28.2 Å². The molecule has 3 heterocycles. The first-order valence-electron chi connectivity index (χ1n) is 7.36. The summed E-state index contributed by atoms with van der Waals surface area (Å²) in [5.74, 6) is -2.13. The molecule has 2 fully saturated rings. The molecule has 1 spiro atoms. The number of likely N-dealkylation sites (tertiary alicyclic amines) is 1. The second kappa shape index (κ2) is 5.88. The van der Waals surface area contributed by atoms with Crippen molar-refractivity contribution in [2.45, 2.75) is 19.4 Å². The summed E-state index contributed by atoms with van der Waals surface area (Å²) in [6.07, 6.45) is 2.17. The fraction of sp³-hybridized carbons (Fsp3) is 0.643. The summed E-state index contributed by atoms with van der Waals surface area (Å²) in [7, 11) is 0. The van der Waals surface area contributed by atoms with Crippen LogP contribution in [0.3, 0.4) is 0 Å². The number of alkyl halides is 2. The van der Waals surface area contributed by atoms with E-state index in [1.807, 2.05) is 0 Å². The molecule has 0 aliphatic carbocycles. The highest BCUT2D eigenvalue weighted by Gasteiger charge is 2.52. The van der Waals surface area contributed by atoms with Crippen molar-refractivity contribution in [2.75, 3.05) is 26.3 Å². The molecule has 7 nitrogen and oxygen atoms in total. The monoisotopic (exact) mass is 329 g/mol. The van der Waals surface area contributed by atoms with E-state index in [1.54, 1.807) is 0 Å². The summed E-state index contributed by atoms with van der Waals surface area (Å²) in [5.41, 5.74) is -0.607. The van der Waals surface area contributed by atoms with Crippen LogP contribution in [0.2, 0.25) is 0 Å². The number of nitrogens with zero attached hydrogens (tertiary/aromatic N) is 3. The summed E-state index contributed by atoms with van der Waals surface area (Å²) >= 11 is 0. The lowest BCUT2D eigenvalue weighted by Crippen LogP contribution is -2.40. The number of rotatable bonds is 3. The van der Waals surface area contributed by atoms with Crippen molar-refractivity contribution in [1.82, 2.24) is 14.7 Å². The molecule has 1 aromatic rings. The molecule has 9 heteroatoms. The summed E-state index contributed by atoms with van der Waals surface area (Å²) in [6, 6.07) is 1.22. The number of carboxylic acids is 1. The van der Waals surface area contributed by atoms with Crippen molar-refractivity contribution in [3.05, 3.63) is 18.0 Å². The van der Waals surface area contributed by atoms with E-state index < -0.39 is 29.8 Å². The van der Waals surface area contributed by atoms with E-state index >= 15 is 0 Å². The lowest BCUT2D eigenvalue weighted by molar-refractivity contribution is -0.146. The van der Waals surface area contributed by atoms with Gasteiger partial charge in [-0.15, -0.1) is 0 Å². The van der Waals surface area contributed by atoms with Gasteiger partial charge < -0.3 is 14.7 Å². The van der Waals surface area contributed by atoms with Gasteiger partial charge in [-0.25, -0.2) is 4.68 Å². The maximum atomic E-state index is 12.6. The lowest BCUT2D eigenvalue weighted by atomic mass is 9.72. The fourth-order valence-electron chi connectivity index (χ4n) is 3.47. The highest BCUT2D eigenvalue weighted by Crippen LogP contribution is 2.44. The van der Waals surface area contributed by atoms with E-state index in [0.29, 0.717) is 30.7 Å². The first kappa shape index (κ1) is 15.9. The number of hydrogen-bond acceptors (Lipinski definition) is 4. The van der Waals surface area contributed by atoms with Crippen LogP contribution in [0.25, 0.3) is 0 Å². The number of amides is 1. The molecule has 2 aliphatic rings. The normalized spacial score (nSPS) is 23.6. The Morgan fingerprint density at radius 3 is 2.65 bits per heavy atom. The number of aromatic nitrogens is 2. The summed E-state index contributed by atoms with van der Waals surface area (Å²) < 4.78 is 30.8. The topological polar surface area (TPSA) is 84.7 Å². The highest BCUT2D eigenvalue weighted by atomic mass is 19.3. The van der Waals surface area contributed by atoms with Crippen molar-refractivity contribution in [2.24, 2.45) is 11.3 Å². The third-order valence-electron chi connectivity index (χ3n) is 4.75. The van der Waals surface area contributed by atoms with Crippen LogP contribution in [-0.4, -0.2) is 58.0 Å². The van der Waals surface area contributed by atoms with Gasteiger partial charge in [0.15, 0.2) is 5.69 Å². The van der Waals surface area contributed by atoms with Gasteiger partial charge in [0, 0.05) is 37.9 Å². The molecule has 1 atom stereocenters. The minimum absolute atomic E-state index is 0.0652.